The molecule has 2 amide bonds. The molecular weight excluding hydrogens is 475 g/mol. The Morgan fingerprint density at radius 2 is 1.89 bits per heavy atom. The summed E-state index contributed by atoms with van der Waals surface area (Å²) in [7, 11) is -2.70. The first-order valence-corrected chi connectivity index (χ1v) is 12.5. The molecule has 10 nitrogen and oxygen atoms in total. The van der Waals surface area contributed by atoms with Crippen molar-refractivity contribution in [1.29, 1.82) is 5.26 Å². The van der Waals surface area contributed by atoms with Crippen molar-refractivity contribution in [3.05, 3.63) is 59.0 Å². The highest BCUT2D eigenvalue weighted by atomic mass is 32.3. The fourth-order valence-corrected chi connectivity index (χ4v) is 7.97. The average molecular weight is 501 g/mol. The first-order chi connectivity index (χ1) is 16.4. The van der Waals surface area contributed by atoms with Gasteiger partial charge in [-0.15, -0.1) is 0 Å². The number of aromatic nitrogens is 1. The summed E-state index contributed by atoms with van der Waals surface area (Å²) in [4.78, 5) is 33.1. The van der Waals surface area contributed by atoms with Crippen LogP contribution in [0.4, 0.5) is 15.0 Å². The second kappa shape index (κ2) is 8.60. The normalized spacial score (nSPS) is 28.6. The van der Waals surface area contributed by atoms with Crippen LogP contribution in [0, 0.1) is 17.1 Å². The number of hydrogen-bond donors (Lipinski definition) is 5. The van der Waals surface area contributed by atoms with E-state index in [9.17, 15) is 19.2 Å². The van der Waals surface area contributed by atoms with Gasteiger partial charge in [-0.1, -0.05) is 10.5 Å². The summed E-state index contributed by atoms with van der Waals surface area (Å²) < 4.78 is 29.0. The minimum atomic E-state index is -2.70. The van der Waals surface area contributed by atoms with Crippen molar-refractivity contribution in [2.45, 2.75) is 42.7 Å². The fourth-order valence-electron chi connectivity index (χ4n) is 4.59. The summed E-state index contributed by atoms with van der Waals surface area (Å²) in [5.41, 5.74) is -0.845. The molecule has 1 aromatic carbocycles. The molecule has 0 spiro atoms. The van der Waals surface area contributed by atoms with Crippen molar-refractivity contribution in [3.8, 4) is 6.07 Å². The van der Waals surface area contributed by atoms with Crippen LogP contribution in [0.2, 0.25) is 0 Å². The van der Waals surface area contributed by atoms with E-state index in [2.05, 4.69) is 25.3 Å². The number of aliphatic imine (C=N–C) groups is 1. The van der Waals surface area contributed by atoms with Gasteiger partial charge in [0.15, 0.2) is 0 Å². The molecule has 0 saturated carbocycles. The molecular formula is C23H25FN6O4S. The molecule has 1 aromatic heterocycles. The number of anilines is 1. The van der Waals surface area contributed by atoms with Crippen LogP contribution in [0.1, 0.15) is 48.8 Å². The van der Waals surface area contributed by atoms with E-state index in [1.807, 2.05) is 6.07 Å². The zero-order chi connectivity index (χ0) is 25.6. The molecule has 184 valence electrons. The van der Waals surface area contributed by atoms with Gasteiger partial charge >= 0.3 is 6.09 Å². The van der Waals surface area contributed by atoms with E-state index >= 15 is 4.39 Å². The number of hydrogen-bond acceptors (Lipinski definition) is 7. The summed E-state index contributed by atoms with van der Waals surface area (Å²) in [6, 6.07) is 10.4. The number of halogens is 1. The average Bonchev–Trinajstić information content (AvgIpc) is 3.23. The Bertz CT molecular complexity index is 1280. The Kier molecular flexibility index (Phi) is 6.04. The lowest BCUT2D eigenvalue weighted by atomic mass is 9.89. The van der Waals surface area contributed by atoms with E-state index in [4.69, 9.17) is 5.26 Å². The van der Waals surface area contributed by atoms with Gasteiger partial charge in [0, 0.05) is 12.1 Å². The molecule has 3 heterocycles. The van der Waals surface area contributed by atoms with Crippen molar-refractivity contribution in [2.75, 3.05) is 11.9 Å². The Balaban J connectivity index is 1.76. The zero-order valence-electron chi connectivity index (χ0n) is 19.3. The second-order valence-electron chi connectivity index (χ2n) is 9.02. The minimum Gasteiger partial charge on any atom is -0.465 e. The molecule has 1 saturated heterocycles. The molecule has 0 aliphatic carbocycles. The van der Waals surface area contributed by atoms with Crippen molar-refractivity contribution in [2.24, 2.45) is 4.99 Å². The first kappa shape index (κ1) is 24.6. The summed E-state index contributed by atoms with van der Waals surface area (Å²) in [5, 5.41) is 22.6. The van der Waals surface area contributed by atoms with Gasteiger partial charge in [-0.2, -0.15) is 5.26 Å². The standard InChI is InChI=1S/C23H25FN6O4S/c1-22(2)20(29-21(32)33)30-23(3,16-10-11-26-35(16,22)34)18-15(24)8-9-17(27-18)28-19(31)14-6-4-13(12-25)5-7-14/h4-9,16,26,34H,10-11H2,1-3H3,(H,29,30)(H,32,33)(H,27,28,31)/t16-,23-/m0/s1. The summed E-state index contributed by atoms with van der Waals surface area (Å²) in [5.74, 6) is -1.13. The van der Waals surface area contributed by atoms with E-state index in [0.717, 1.165) is 6.07 Å². The molecule has 5 N–H and O–H groups in total. The third-order valence-corrected chi connectivity index (χ3v) is 10.4. The maximum absolute atomic E-state index is 15.2. The molecule has 2 aliphatic rings. The van der Waals surface area contributed by atoms with Gasteiger partial charge in [-0.3, -0.25) is 19.8 Å². The van der Waals surface area contributed by atoms with Crippen LogP contribution in [-0.2, 0) is 5.54 Å². The smallest absolute Gasteiger partial charge is 0.410 e. The number of carboxylic acid groups (broad SMARTS) is 1. The Hall–Kier alpha value is -3.53. The number of pyridine rings is 1. The SMILES string of the molecule is CC1(C)C(NC(=O)O)=N[C@](C)(c2nc(NC(=O)c3ccc(C#N)cc3)ccc2F)[C@@H]2CCNS21O. The van der Waals surface area contributed by atoms with Gasteiger partial charge in [0.25, 0.3) is 5.91 Å². The predicted molar refractivity (Wildman–Crippen MR) is 130 cm³/mol. The number of fused-ring (bicyclic) bond motifs is 1. The number of rotatable bonds is 3. The minimum absolute atomic E-state index is 0.00358. The number of carbonyl (C=O) groups is 2. The molecule has 0 bridgehead atoms. The van der Waals surface area contributed by atoms with Crippen LogP contribution in [0.5, 0.6) is 0 Å². The van der Waals surface area contributed by atoms with E-state index in [1.165, 1.54) is 30.3 Å². The largest absolute Gasteiger partial charge is 0.465 e. The third kappa shape index (κ3) is 4.01. The molecule has 1 unspecified atom stereocenters. The highest BCUT2D eigenvalue weighted by Gasteiger charge is 2.62. The monoisotopic (exact) mass is 500 g/mol. The van der Waals surface area contributed by atoms with Crippen LogP contribution in [-0.4, -0.2) is 49.0 Å². The lowest BCUT2D eigenvalue weighted by Gasteiger charge is -2.56. The number of nitriles is 1. The van der Waals surface area contributed by atoms with E-state index in [-0.39, 0.29) is 22.9 Å². The molecule has 3 atom stereocenters. The molecule has 0 radical (unpaired) electrons. The predicted octanol–water partition coefficient (Wildman–Crippen LogP) is 3.57. The summed E-state index contributed by atoms with van der Waals surface area (Å²) in [6.07, 6.45) is -0.881. The lowest BCUT2D eigenvalue weighted by molar-refractivity contribution is 0.102. The third-order valence-electron chi connectivity index (χ3n) is 6.53. The number of nitrogens with zero attached hydrogens (tertiary/aromatic N) is 3. The van der Waals surface area contributed by atoms with Gasteiger partial charge in [0.05, 0.1) is 21.6 Å². The Labute approximate surface area is 202 Å². The first-order valence-electron chi connectivity index (χ1n) is 10.8. The maximum atomic E-state index is 15.2. The summed E-state index contributed by atoms with van der Waals surface area (Å²) in [6.45, 7) is 5.45. The highest BCUT2D eigenvalue weighted by Crippen LogP contribution is 2.67. The topological polar surface area (TPSA) is 160 Å². The molecule has 2 aliphatic heterocycles. The molecule has 1 fully saturated rings. The van der Waals surface area contributed by atoms with Gasteiger partial charge in [-0.25, -0.2) is 14.2 Å². The van der Waals surface area contributed by atoms with Gasteiger partial charge in [0.1, 0.15) is 28.7 Å². The number of amidine groups is 1. The van der Waals surface area contributed by atoms with Crippen molar-refractivity contribution in [3.63, 3.8) is 0 Å². The lowest BCUT2D eigenvalue weighted by Crippen LogP contribution is -2.59. The van der Waals surface area contributed by atoms with Crippen molar-refractivity contribution >= 4 is 34.1 Å². The molecule has 4 rings (SSSR count). The Morgan fingerprint density at radius 1 is 1.20 bits per heavy atom. The number of carbonyl (C=O) groups excluding carboxylic acids is 1. The van der Waals surface area contributed by atoms with Gasteiger partial charge in [-0.05, 0) is 63.6 Å². The quantitative estimate of drug-likeness (QED) is 0.431. The zero-order valence-corrected chi connectivity index (χ0v) is 20.1. The van der Waals surface area contributed by atoms with E-state index in [0.29, 0.717) is 18.5 Å². The molecule has 2 aromatic rings. The Morgan fingerprint density at radius 3 is 2.51 bits per heavy atom. The van der Waals surface area contributed by atoms with Crippen molar-refractivity contribution < 1.29 is 23.6 Å². The van der Waals surface area contributed by atoms with Crippen LogP contribution in [0.15, 0.2) is 41.4 Å². The summed E-state index contributed by atoms with van der Waals surface area (Å²) >= 11 is 0. The van der Waals surface area contributed by atoms with Gasteiger partial charge in [0.2, 0.25) is 0 Å². The van der Waals surface area contributed by atoms with Crippen LogP contribution in [0.25, 0.3) is 0 Å². The maximum Gasteiger partial charge on any atom is 0.410 e. The molecule has 35 heavy (non-hydrogen) atoms. The fraction of sp³-hybridized carbons (Fsp3) is 0.348. The highest BCUT2D eigenvalue weighted by molar-refractivity contribution is 8.29. The van der Waals surface area contributed by atoms with Crippen molar-refractivity contribution in [1.82, 2.24) is 15.0 Å². The van der Waals surface area contributed by atoms with Crippen LogP contribution < -0.4 is 15.4 Å². The van der Waals surface area contributed by atoms with E-state index in [1.54, 1.807) is 20.8 Å². The van der Waals surface area contributed by atoms with Crippen LogP contribution in [0.3, 0.4) is 0 Å². The molecule has 12 heteroatoms. The number of benzene rings is 1. The second-order valence-corrected chi connectivity index (χ2v) is 12.1. The number of nitrogens with one attached hydrogen (secondary N) is 3. The number of amides is 2. The van der Waals surface area contributed by atoms with Crippen LogP contribution >= 0.6 is 10.5 Å². The van der Waals surface area contributed by atoms with Gasteiger partial charge < -0.3 is 15.0 Å². The van der Waals surface area contributed by atoms with E-state index < -0.39 is 43.8 Å².